The average molecular weight is 224 g/mol. The van der Waals surface area contributed by atoms with E-state index in [1.807, 2.05) is 0 Å². The molecule has 86 valence electrons. The summed E-state index contributed by atoms with van der Waals surface area (Å²) in [6.07, 6.45) is 2.89. The number of esters is 1. The Morgan fingerprint density at radius 3 is 2.81 bits per heavy atom. The lowest BCUT2D eigenvalue weighted by molar-refractivity contribution is -0.142. The Kier molecular flexibility index (Phi) is 3.96. The van der Waals surface area contributed by atoms with Crippen molar-refractivity contribution in [2.75, 3.05) is 7.11 Å². The minimum atomic E-state index is -1.07. The zero-order valence-corrected chi connectivity index (χ0v) is 8.71. The lowest BCUT2D eigenvalue weighted by atomic mass is 10.1. The van der Waals surface area contributed by atoms with Gasteiger partial charge in [0, 0.05) is 12.4 Å². The van der Waals surface area contributed by atoms with Gasteiger partial charge in [0.15, 0.2) is 0 Å². The summed E-state index contributed by atoms with van der Waals surface area (Å²) in [5.41, 5.74) is 6.18. The fraction of sp³-hybridized carbons (Fsp3) is 0.300. The highest BCUT2D eigenvalue weighted by Crippen LogP contribution is 2.05. The molecule has 0 aliphatic rings. The second-order valence-electron chi connectivity index (χ2n) is 3.22. The molecule has 0 aliphatic heterocycles. The predicted octanol–water partition coefficient (Wildman–Crippen LogP) is -0.177. The van der Waals surface area contributed by atoms with Gasteiger partial charge >= 0.3 is 11.9 Å². The molecule has 0 spiro atoms. The van der Waals surface area contributed by atoms with Gasteiger partial charge in [-0.05, 0) is 18.1 Å². The van der Waals surface area contributed by atoms with Crippen LogP contribution in [0.5, 0.6) is 0 Å². The molecule has 1 atom stereocenters. The number of methoxy groups -OCH3 is 1. The summed E-state index contributed by atoms with van der Waals surface area (Å²) in [6, 6.07) is 0.619. The Hall–Kier alpha value is -1.95. The number of hydrogen-bond donors (Lipinski definition) is 2. The summed E-state index contributed by atoms with van der Waals surface area (Å²) in [5, 5.41) is 8.74. The molecule has 0 radical (unpaired) electrons. The molecule has 1 rings (SSSR count). The molecule has 1 aromatic rings. The molecule has 0 fully saturated rings. The maximum Gasteiger partial charge on any atom is 0.337 e. The summed E-state index contributed by atoms with van der Waals surface area (Å²) >= 11 is 0. The number of carbonyl (C=O) groups excluding carboxylic acids is 1. The van der Waals surface area contributed by atoms with Gasteiger partial charge in [-0.25, -0.2) is 4.79 Å². The molecule has 0 saturated heterocycles. The summed E-state index contributed by atoms with van der Waals surface area (Å²) in [7, 11) is 1.24. The van der Waals surface area contributed by atoms with Crippen LogP contribution in [0, 0.1) is 0 Å². The number of nitrogens with two attached hydrogens (primary N) is 1. The van der Waals surface area contributed by atoms with Crippen LogP contribution in [0.3, 0.4) is 0 Å². The van der Waals surface area contributed by atoms with Crippen molar-refractivity contribution in [1.29, 1.82) is 0 Å². The Morgan fingerprint density at radius 1 is 1.56 bits per heavy atom. The second-order valence-corrected chi connectivity index (χ2v) is 3.22. The topological polar surface area (TPSA) is 103 Å². The van der Waals surface area contributed by atoms with Crippen molar-refractivity contribution in [1.82, 2.24) is 4.98 Å². The van der Waals surface area contributed by atoms with Crippen LogP contribution in [0.4, 0.5) is 0 Å². The van der Waals surface area contributed by atoms with Gasteiger partial charge in [0.25, 0.3) is 0 Å². The van der Waals surface area contributed by atoms with Crippen LogP contribution in [-0.4, -0.2) is 35.2 Å². The smallest absolute Gasteiger partial charge is 0.337 e. The molecule has 16 heavy (non-hydrogen) atoms. The van der Waals surface area contributed by atoms with Crippen molar-refractivity contribution in [3.8, 4) is 0 Å². The molecule has 0 bridgehead atoms. The Morgan fingerprint density at radius 2 is 2.25 bits per heavy atom. The number of aromatic nitrogens is 1. The zero-order chi connectivity index (χ0) is 12.1. The predicted molar refractivity (Wildman–Crippen MR) is 54.9 cm³/mol. The van der Waals surface area contributed by atoms with E-state index in [9.17, 15) is 9.59 Å². The van der Waals surface area contributed by atoms with Crippen LogP contribution in [0.1, 0.15) is 15.9 Å². The number of aromatic carboxylic acids is 1. The molecule has 6 nitrogen and oxygen atoms in total. The van der Waals surface area contributed by atoms with Gasteiger partial charge in [0.05, 0.1) is 12.7 Å². The Bertz CT molecular complexity index is 406. The molecule has 1 heterocycles. The number of pyridine rings is 1. The van der Waals surface area contributed by atoms with E-state index in [-0.39, 0.29) is 12.0 Å². The van der Waals surface area contributed by atoms with Gasteiger partial charge in [0.1, 0.15) is 6.04 Å². The van der Waals surface area contributed by atoms with E-state index in [4.69, 9.17) is 10.8 Å². The highest BCUT2D eigenvalue weighted by atomic mass is 16.5. The van der Waals surface area contributed by atoms with E-state index in [2.05, 4.69) is 9.72 Å². The number of carboxylic acid groups (broad SMARTS) is 1. The van der Waals surface area contributed by atoms with Crippen LogP contribution in [0.25, 0.3) is 0 Å². The molecule has 0 unspecified atom stereocenters. The number of carboxylic acids is 1. The van der Waals surface area contributed by atoms with E-state index in [0.717, 1.165) is 0 Å². The van der Waals surface area contributed by atoms with E-state index >= 15 is 0 Å². The van der Waals surface area contributed by atoms with Gasteiger partial charge in [0.2, 0.25) is 0 Å². The Labute approximate surface area is 92.0 Å². The van der Waals surface area contributed by atoms with E-state index < -0.39 is 18.0 Å². The molecule has 0 aliphatic carbocycles. The first kappa shape index (κ1) is 12.1. The molecule has 1 aromatic heterocycles. The molecule has 0 amide bonds. The Balaban J connectivity index is 2.78. The SMILES string of the molecule is COC(=O)[C@@H](N)Cc1cncc(C(=O)O)c1. The largest absolute Gasteiger partial charge is 0.478 e. The third kappa shape index (κ3) is 3.03. The van der Waals surface area contributed by atoms with Crippen LogP contribution >= 0.6 is 0 Å². The minimum absolute atomic E-state index is 0.0644. The third-order valence-electron chi connectivity index (χ3n) is 2.00. The van der Waals surface area contributed by atoms with E-state index in [0.29, 0.717) is 5.56 Å². The van der Waals surface area contributed by atoms with Crippen molar-refractivity contribution >= 4 is 11.9 Å². The normalized spacial score (nSPS) is 11.9. The first-order chi connectivity index (χ1) is 7.54. The number of ether oxygens (including phenoxy) is 1. The summed E-state index contributed by atoms with van der Waals surface area (Å²) in [4.78, 5) is 25.5. The minimum Gasteiger partial charge on any atom is -0.478 e. The van der Waals surface area contributed by atoms with Gasteiger partial charge in [-0.1, -0.05) is 0 Å². The van der Waals surface area contributed by atoms with Crippen LogP contribution in [0.2, 0.25) is 0 Å². The van der Waals surface area contributed by atoms with Crippen molar-refractivity contribution in [2.24, 2.45) is 5.73 Å². The fourth-order valence-corrected chi connectivity index (χ4v) is 1.20. The molecular formula is C10H12N2O4. The van der Waals surface area contributed by atoms with Crippen LogP contribution < -0.4 is 5.73 Å². The van der Waals surface area contributed by atoms with Gasteiger partial charge < -0.3 is 15.6 Å². The van der Waals surface area contributed by atoms with Gasteiger partial charge in [-0.2, -0.15) is 0 Å². The maximum atomic E-state index is 11.1. The van der Waals surface area contributed by atoms with Crippen LogP contribution in [0.15, 0.2) is 18.5 Å². The third-order valence-corrected chi connectivity index (χ3v) is 2.00. The van der Waals surface area contributed by atoms with Crippen molar-refractivity contribution in [3.05, 3.63) is 29.6 Å². The summed E-state index contributed by atoms with van der Waals surface area (Å²) in [6.45, 7) is 0. The van der Waals surface area contributed by atoms with Gasteiger partial charge in [-0.15, -0.1) is 0 Å². The van der Waals surface area contributed by atoms with Gasteiger partial charge in [-0.3, -0.25) is 9.78 Å². The molecule has 0 aromatic carbocycles. The molecule has 3 N–H and O–H groups in total. The van der Waals surface area contributed by atoms with Crippen molar-refractivity contribution in [2.45, 2.75) is 12.5 Å². The molecule has 0 saturated carbocycles. The monoisotopic (exact) mass is 224 g/mol. The highest BCUT2D eigenvalue weighted by Gasteiger charge is 2.15. The summed E-state index contributed by atoms with van der Waals surface area (Å²) in [5.74, 6) is -1.61. The fourth-order valence-electron chi connectivity index (χ4n) is 1.20. The average Bonchev–Trinajstić information content (AvgIpc) is 2.28. The second kappa shape index (κ2) is 5.22. The lowest BCUT2D eigenvalue weighted by Crippen LogP contribution is -2.33. The zero-order valence-electron chi connectivity index (χ0n) is 8.71. The number of hydrogen-bond acceptors (Lipinski definition) is 5. The standard InChI is InChI=1S/C10H12N2O4/c1-16-10(15)8(11)3-6-2-7(9(13)14)5-12-4-6/h2,4-5,8H,3,11H2,1H3,(H,13,14)/t8-/m0/s1. The first-order valence-electron chi connectivity index (χ1n) is 4.55. The summed E-state index contributed by atoms with van der Waals surface area (Å²) < 4.78 is 4.46. The maximum absolute atomic E-state index is 11.1. The first-order valence-corrected chi connectivity index (χ1v) is 4.55. The van der Waals surface area contributed by atoms with Crippen molar-refractivity contribution < 1.29 is 19.4 Å². The molecule has 6 heteroatoms. The van der Waals surface area contributed by atoms with E-state index in [1.165, 1.54) is 25.6 Å². The van der Waals surface area contributed by atoms with E-state index in [1.54, 1.807) is 0 Å². The lowest BCUT2D eigenvalue weighted by Gasteiger charge is -2.08. The molecular weight excluding hydrogens is 212 g/mol. The highest BCUT2D eigenvalue weighted by molar-refractivity contribution is 5.87. The number of carbonyl (C=O) groups is 2. The van der Waals surface area contributed by atoms with Crippen molar-refractivity contribution in [3.63, 3.8) is 0 Å². The quantitative estimate of drug-likeness (QED) is 0.688. The number of nitrogens with zero attached hydrogens (tertiary/aromatic N) is 1. The number of rotatable bonds is 4. The van der Waals surface area contributed by atoms with Crippen LogP contribution in [-0.2, 0) is 16.0 Å².